The van der Waals surface area contributed by atoms with E-state index in [1.165, 1.54) is 25.9 Å². The van der Waals surface area contributed by atoms with Crippen LogP contribution in [0.5, 0.6) is 0 Å². The molecule has 0 unspecified atom stereocenters. The maximum Gasteiger partial charge on any atom is -0.000968 e. The fraction of sp³-hybridized carbons (Fsp3) is 1.00. The van der Waals surface area contributed by atoms with E-state index in [2.05, 4.69) is 22.6 Å². The highest BCUT2D eigenvalue weighted by Crippen LogP contribution is 1.88. The molecule has 0 atom stereocenters. The highest BCUT2D eigenvalue weighted by atomic mass is 15.1. The van der Waals surface area contributed by atoms with E-state index in [0.29, 0.717) is 0 Å². The Morgan fingerprint density at radius 2 is 1.33 bits per heavy atom. The second kappa shape index (κ2) is 8.97. The average Bonchev–Trinajstić information content (AvgIpc) is 2.06. The lowest BCUT2D eigenvalue weighted by molar-refractivity contribution is 0.323. The lowest BCUT2D eigenvalue weighted by Crippen LogP contribution is -2.25. The zero-order valence-corrected chi connectivity index (χ0v) is 8.69. The molecule has 12 heavy (non-hydrogen) atoms. The van der Waals surface area contributed by atoms with E-state index in [4.69, 9.17) is 0 Å². The molecule has 0 spiro atoms. The molecule has 0 aliphatic rings. The molecule has 0 rings (SSSR count). The van der Waals surface area contributed by atoms with Crippen molar-refractivity contribution in [3.05, 3.63) is 0 Å². The van der Waals surface area contributed by atoms with Crippen molar-refractivity contribution in [1.29, 1.82) is 0 Å². The molecule has 0 aliphatic heterocycles. The van der Waals surface area contributed by atoms with Crippen LogP contribution in [0.3, 0.4) is 0 Å². The Kier molecular flexibility index (Phi) is 8.88. The van der Waals surface area contributed by atoms with Gasteiger partial charge in [-0.1, -0.05) is 0 Å². The topological polar surface area (TPSA) is 27.3 Å². The van der Waals surface area contributed by atoms with Crippen LogP contribution in [0, 0.1) is 0 Å². The molecule has 0 aromatic rings. The van der Waals surface area contributed by atoms with Gasteiger partial charge in [-0.05, 0) is 60.2 Å². The van der Waals surface area contributed by atoms with Gasteiger partial charge in [0.25, 0.3) is 0 Å². The number of nitrogens with one attached hydrogen (secondary N) is 2. The van der Waals surface area contributed by atoms with Gasteiger partial charge in [-0.25, -0.2) is 0 Å². The van der Waals surface area contributed by atoms with Gasteiger partial charge >= 0.3 is 0 Å². The van der Waals surface area contributed by atoms with Crippen LogP contribution in [0.1, 0.15) is 12.8 Å². The molecule has 0 aromatic carbocycles. The second-order valence-corrected chi connectivity index (χ2v) is 3.22. The molecule has 0 radical (unpaired) electrons. The Morgan fingerprint density at radius 1 is 0.917 bits per heavy atom. The van der Waals surface area contributed by atoms with E-state index in [9.17, 15) is 0 Å². The van der Waals surface area contributed by atoms with Crippen LogP contribution in [0.4, 0.5) is 0 Å². The minimum atomic E-state index is 1.12. The average molecular weight is 173 g/mol. The van der Waals surface area contributed by atoms with E-state index in [-0.39, 0.29) is 0 Å². The predicted molar refractivity (Wildman–Crippen MR) is 54.6 cm³/mol. The van der Waals surface area contributed by atoms with Crippen molar-refractivity contribution in [3.8, 4) is 0 Å². The first-order valence-electron chi connectivity index (χ1n) is 4.79. The fourth-order valence-electron chi connectivity index (χ4n) is 1.16. The number of hydrogen-bond acceptors (Lipinski definition) is 3. The van der Waals surface area contributed by atoms with Gasteiger partial charge in [-0.15, -0.1) is 0 Å². The molecule has 0 saturated heterocycles. The van der Waals surface area contributed by atoms with Crippen LogP contribution < -0.4 is 10.6 Å². The summed E-state index contributed by atoms with van der Waals surface area (Å²) in [7, 11) is 6.19. The first-order chi connectivity index (χ1) is 5.81. The summed E-state index contributed by atoms with van der Waals surface area (Å²) in [5.74, 6) is 0. The van der Waals surface area contributed by atoms with Crippen molar-refractivity contribution < 1.29 is 0 Å². The normalized spacial score (nSPS) is 11.0. The minimum absolute atomic E-state index is 1.12. The predicted octanol–water partition coefficient (Wildman–Crippen LogP) is 0.137. The van der Waals surface area contributed by atoms with Crippen LogP contribution in [-0.4, -0.2) is 52.2 Å². The zero-order valence-electron chi connectivity index (χ0n) is 8.69. The molecule has 0 aliphatic carbocycles. The van der Waals surface area contributed by atoms with Crippen LogP contribution in [0.15, 0.2) is 0 Å². The lowest BCUT2D eigenvalue weighted by atomic mass is 10.3. The molecule has 0 heterocycles. The third-order valence-corrected chi connectivity index (χ3v) is 1.93. The third kappa shape index (κ3) is 7.98. The number of rotatable bonds is 8. The second-order valence-electron chi connectivity index (χ2n) is 3.22. The van der Waals surface area contributed by atoms with Crippen molar-refractivity contribution >= 4 is 0 Å². The summed E-state index contributed by atoms with van der Waals surface area (Å²) in [5.41, 5.74) is 0. The molecule has 74 valence electrons. The van der Waals surface area contributed by atoms with Crippen LogP contribution >= 0.6 is 0 Å². The van der Waals surface area contributed by atoms with E-state index < -0.39 is 0 Å². The summed E-state index contributed by atoms with van der Waals surface area (Å²) < 4.78 is 0. The summed E-state index contributed by atoms with van der Waals surface area (Å²) in [4.78, 5) is 2.38. The highest BCUT2D eigenvalue weighted by Gasteiger charge is 1.95. The Labute approximate surface area is 76.5 Å². The molecule has 3 nitrogen and oxygen atoms in total. The molecule has 2 N–H and O–H groups in total. The van der Waals surface area contributed by atoms with Gasteiger partial charge in [0, 0.05) is 0 Å². The van der Waals surface area contributed by atoms with Crippen LogP contribution in [-0.2, 0) is 0 Å². The van der Waals surface area contributed by atoms with Gasteiger partial charge < -0.3 is 15.5 Å². The van der Waals surface area contributed by atoms with Gasteiger partial charge in [0.05, 0.1) is 0 Å². The summed E-state index contributed by atoms with van der Waals surface area (Å²) in [6, 6.07) is 0. The number of nitrogens with zero attached hydrogens (tertiary/aromatic N) is 1. The van der Waals surface area contributed by atoms with Gasteiger partial charge in [0.1, 0.15) is 0 Å². The van der Waals surface area contributed by atoms with Crippen molar-refractivity contribution in [2.75, 3.05) is 47.3 Å². The monoisotopic (exact) mass is 173 g/mol. The molecule has 0 fully saturated rings. The fourth-order valence-corrected chi connectivity index (χ4v) is 1.16. The first kappa shape index (κ1) is 11.9. The summed E-state index contributed by atoms with van der Waals surface area (Å²) in [5, 5.41) is 6.30. The molecule has 0 saturated carbocycles. The van der Waals surface area contributed by atoms with Gasteiger partial charge in [-0.3, -0.25) is 0 Å². The van der Waals surface area contributed by atoms with E-state index in [1.54, 1.807) is 0 Å². The van der Waals surface area contributed by atoms with Crippen molar-refractivity contribution in [3.63, 3.8) is 0 Å². The SMILES string of the molecule is CNCCCN(C)CCCNC. The third-order valence-electron chi connectivity index (χ3n) is 1.93. The standard InChI is InChI=1S/C9H23N3/c1-10-6-4-8-12(3)9-5-7-11-2/h10-11H,4-9H2,1-3H3. The molecule has 0 amide bonds. The summed E-state index contributed by atoms with van der Waals surface area (Å²) in [6.07, 6.45) is 2.49. The maximum absolute atomic E-state index is 3.15. The Bertz CT molecular complexity index is 75.8. The molecular weight excluding hydrogens is 150 g/mol. The molecule has 0 aromatic heterocycles. The Hall–Kier alpha value is -0.120. The zero-order chi connectivity index (χ0) is 9.23. The van der Waals surface area contributed by atoms with Crippen molar-refractivity contribution in [2.24, 2.45) is 0 Å². The Balaban J connectivity index is 3.04. The lowest BCUT2D eigenvalue weighted by Gasteiger charge is -2.15. The number of hydrogen-bond donors (Lipinski definition) is 2. The van der Waals surface area contributed by atoms with Crippen LogP contribution in [0.25, 0.3) is 0 Å². The van der Waals surface area contributed by atoms with Crippen molar-refractivity contribution in [2.45, 2.75) is 12.8 Å². The smallest absolute Gasteiger partial charge is 0.000968 e. The maximum atomic E-state index is 3.15. The molecule has 0 bridgehead atoms. The largest absolute Gasteiger partial charge is 0.320 e. The highest BCUT2D eigenvalue weighted by molar-refractivity contribution is 4.53. The quantitative estimate of drug-likeness (QED) is 0.511. The van der Waals surface area contributed by atoms with E-state index in [0.717, 1.165) is 13.1 Å². The van der Waals surface area contributed by atoms with Crippen LogP contribution in [0.2, 0.25) is 0 Å². The van der Waals surface area contributed by atoms with Gasteiger partial charge in [-0.2, -0.15) is 0 Å². The molecular formula is C9H23N3. The van der Waals surface area contributed by atoms with Gasteiger partial charge in [0.15, 0.2) is 0 Å². The Morgan fingerprint density at radius 3 is 1.67 bits per heavy atom. The minimum Gasteiger partial charge on any atom is -0.320 e. The summed E-state index contributed by atoms with van der Waals surface area (Å²) >= 11 is 0. The van der Waals surface area contributed by atoms with Crippen molar-refractivity contribution in [1.82, 2.24) is 15.5 Å². The van der Waals surface area contributed by atoms with Gasteiger partial charge in [0.2, 0.25) is 0 Å². The molecule has 3 heteroatoms. The van der Waals surface area contributed by atoms with E-state index >= 15 is 0 Å². The van der Waals surface area contributed by atoms with E-state index in [1.807, 2.05) is 14.1 Å². The first-order valence-corrected chi connectivity index (χ1v) is 4.79. The summed E-state index contributed by atoms with van der Waals surface area (Å²) in [6.45, 7) is 4.64.